The number of aliphatic hydroxyl groups is 1. The van der Waals surface area contributed by atoms with Crippen LogP contribution in [-0.4, -0.2) is 53.2 Å². The predicted octanol–water partition coefficient (Wildman–Crippen LogP) is 4.49. The maximum atomic E-state index is 14.8. The Morgan fingerprint density at radius 1 is 1.16 bits per heavy atom. The van der Waals surface area contributed by atoms with Gasteiger partial charge in [-0.25, -0.2) is 14.4 Å². The summed E-state index contributed by atoms with van der Waals surface area (Å²) >= 11 is 0. The number of nitrogens with two attached hydrogens (primary N) is 1. The molecule has 2 aromatic carbocycles. The Morgan fingerprint density at radius 2 is 1.89 bits per heavy atom. The molecule has 8 nitrogen and oxygen atoms in total. The van der Waals surface area contributed by atoms with Crippen LogP contribution in [0, 0.1) is 12.7 Å². The van der Waals surface area contributed by atoms with E-state index in [4.69, 9.17) is 19.9 Å². The Labute approximate surface area is 213 Å². The van der Waals surface area contributed by atoms with Crippen molar-refractivity contribution in [2.45, 2.75) is 51.4 Å². The largest absolute Gasteiger partial charge is 0.488 e. The minimum atomic E-state index is -3.53. The number of aromatic nitrogens is 2. The van der Waals surface area contributed by atoms with Gasteiger partial charge in [0.25, 0.3) is 0 Å². The summed E-state index contributed by atoms with van der Waals surface area (Å²) in [7, 11) is 0. The van der Waals surface area contributed by atoms with E-state index in [-0.39, 0.29) is 30.8 Å². The summed E-state index contributed by atoms with van der Waals surface area (Å²) in [5.74, 6) is -3.32. The molecule has 11 heteroatoms. The first kappa shape index (κ1) is 26.9. The molecule has 4 rings (SSSR count). The van der Waals surface area contributed by atoms with Crippen molar-refractivity contribution >= 4 is 22.4 Å². The van der Waals surface area contributed by atoms with Crippen molar-refractivity contribution in [2.75, 3.05) is 37.5 Å². The Hall–Kier alpha value is -3.15. The first-order valence-electron chi connectivity index (χ1n) is 11.9. The molecule has 4 N–H and O–H groups in total. The average molecular weight is 521 g/mol. The lowest BCUT2D eigenvalue weighted by atomic mass is 9.91. The number of alkyl halides is 2. The molecule has 1 aromatic heterocycles. The van der Waals surface area contributed by atoms with Gasteiger partial charge in [-0.3, -0.25) is 0 Å². The van der Waals surface area contributed by atoms with Crippen LogP contribution in [0.2, 0.25) is 0 Å². The van der Waals surface area contributed by atoms with E-state index in [0.717, 1.165) is 19.9 Å². The molecule has 0 unspecified atom stereocenters. The monoisotopic (exact) mass is 520 g/mol. The van der Waals surface area contributed by atoms with Gasteiger partial charge in [-0.05, 0) is 57.5 Å². The molecule has 1 aliphatic heterocycles. The van der Waals surface area contributed by atoms with Gasteiger partial charge in [0.1, 0.15) is 30.0 Å². The second-order valence-electron chi connectivity index (χ2n) is 9.69. The number of aryl methyl sites for hydroxylation is 1. The van der Waals surface area contributed by atoms with E-state index in [1.807, 2.05) is 0 Å². The zero-order valence-corrected chi connectivity index (χ0v) is 21.1. The number of rotatable bonds is 10. The van der Waals surface area contributed by atoms with Crippen molar-refractivity contribution in [3.05, 3.63) is 53.1 Å². The van der Waals surface area contributed by atoms with Crippen LogP contribution in [0.1, 0.15) is 43.8 Å². The predicted molar refractivity (Wildman–Crippen MR) is 133 cm³/mol. The third-order valence-electron chi connectivity index (χ3n) is 6.12. The van der Waals surface area contributed by atoms with Gasteiger partial charge in [-0.1, -0.05) is 0 Å². The number of hydrogen-bond acceptors (Lipinski definition) is 8. The van der Waals surface area contributed by atoms with E-state index in [9.17, 15) is 18.3 Å². The van der Waals surface area contributed by atoms with Crippen molar-refractivity contribution < 1.29 is 32.5 Å². The summed E-state index contributed by atoms with van der Waals surface area (Å²) in [6.45, 7) is 7.02. The molecule has 0 saturated carbocycles. The topological polar surface area (TPSA) is 112 Å². The van der Waals surface area contributed by atoms with Crippen LogP contribution in [0.4, 0.5) is 24.7 Å². The lowest BCUT2D eigenvalue weighted by Gasteiger charge is -2.30. The Morgan fingerprint density at radius 3 is 2.54 bits per heavy atom. The molecule has 1 aliphatic rings. The highest BCUT2D eigenvalue weighted by atomic mass is 19.3. The summed E-state index contributed by atoms with van der Waals surface area (Å²) in [5, 5.41) is 13.7. The maximum Gasteiger partial charge on any atom is 0.300 e. The van der Waals surface area contributed by atoms with Crippen LogP contribution >= 0.6 is 0 Å². The maximum absolute atomic E-state index is 14.8. The molecule has 0 radical (unpaired) electrons. The molecule has 0 spiro atoms. The third-order valence-corrected chi connectivity index (χ3v) is 6.12. The van der Waals surface area contributed by atoms with Gasteiger partial charge in [0, 0.05) is 22.7 Å². The number of hydrogen-bond donors (Lipinski definition) is 3. The van der Waals surface area contributed by atoms with Crippen LogP contribution < -0.4 is 15.8 Å². The molecule has 1 saturated heterocycles. The first-order valence-corrected chi connectivity index (χ1v) is 11.9. The van der Waals surface area contributed by atoms with Gasteiger partial charge in [0.15, 0.2) is 11.6 Å². The second-order valence-corrected chi connectivity index (χ2v) is 9.69. The highest BCUT2D eigenvalue weighted by Crippen LogP contribution is 2.40. The van der Waals surface area contributed by atoms with Crippen molar-refractivity contribution in [3.8, 4) is 5.75 Å². The number of nitrogen functional groups attached to an aromatic ring is 1. The number of fused-ring (bicyclic) bond motifs is 1. The van der Waals surface area contributed by atoms with Gasteiger partial charge in [0.05, 0.1) is 31.4 Å². The molecular weight excluding hydrogens is 489 g/mol. The van der Waals surface area contributed by atoms with Crippen molar-refractivity contribution in [1.29, 1.82) is 0 Å². The Kier molecular flexibility index (Phi) is 7.50. The van der Waals surface area contributed by atoms with Crippen molar-refractivity contribution in [3.63, 3.8) is 0 Å². The smallest absolute Gasteiger partial charge is 0.300 e. The summed E-state index contributed by atoms with van der Waals surface area (Å²) in [6, 6.07) is 6.25. The SMILES string of the molecule is Cc1nc(N[C@H](C)c2cc(N)cc(C(F)(F)C(C)(C)O)c2)c2cc(OCCOC3COC3)c(F)cc2n1. The second kappa shape index (κ2) is 10.3. The minimum absolute atomic E-state index is 0.0141. The van der Waals surface area contributed by atoms with Crippen LogP contribution in [0.25, 0.3) is 10.9 Å². The minimum Gasteiger partial charge on any atom is -0.488 e. The highest BCUT2D eigenvalue weighted by Gasteiger charge is 2.47. The van der Waals surface area contributed by atoms with E-state index in [1.54, 1.807) is 19.9 Å². The molecule has 0 aliphatic carbocycles. The van der Waals surface area contributed by atoms with Gasteiger partial charge in [-0.15, -0.1) is 0 Å². The van der Waals surface area contributed by atoms with Crippen molar-refractivity contribution in [2.24, 2.45) is 0 Å². The fourth-order valence-corrected chi connectivity index (χ4v) is 3.89. The summed E-state index contributed by atoms with van der Waals surface area (Å²) < 4.78 is 60.6. The van der Waals surface area contributed by atoms with Gasteiger partial charge in [-0.2, -0.15) is 8.78 Å². The molecule has 1 fully saturated rings. The fourth-order valence-electron chi connectivity index (χ4n) is 3.89. The molecule has 200 valence electrons. The lowest BCUT2D eigenvalue weighted by molar-refractivity contribution is -0.168. The van der Waals surface area contributed by atoms with Crippen molar-refractivity contribution in [1.82, 2.24) is 9.97 Å². The summed E-state index contributed by atoms with van der Waals surface area (Å²) in [4.78, 5) is 8.76. The van der Waals surface area contributed by atoms with E-state index in [1.165, 1.54) is 18.2 Å². The van der Waals surface area contributed by atoms with Crippen LogP contribution in [0.3, 0.4) is 0 Å². The van der Waals surface area contributed by atoms with E-state index in [2.05, 4.69) is 15.3 Å². The Bertz CT molecular complexity index is 1280. The summed E-state index contributed by atoms with van der Waals surface area (Å²) in [6.07, 6.45) is 0.0367. The number of nitrogens with one attached hydrogen (secondary N) is 1. The lowest BCUT2D eigenvalue weighted by Crippen LogP contribution is -2.40. The zero-order valence-electron chi connectivity index (χ0n) is 21.1. The number of anilines is 2. The fraction of sp³-hybridized carbons (Fsp3) is 0.462. The molecule has 2 heterocycles. The molecule has 1 atom stereocenters. The molecular formula is C26H31F3N4O4. The number of halogens is 3. The highest BCUT2D eigenvalue weighted by molar-refractivity contribution is 5.90. The quantitative estimate of drug-likeness (QED) is 0.265. The zero-order chi connectivity index (χ0) is 27.0. The molecule has 0 amide bonds. The number of nitrogens with zero attached hydrogens (tertiary/aromatic N) is 2. The van der Waals surface area contributed by atoms with E-state index in [0.29, 0.717) is 41.3 Å². The normalized spacial score (nSPS) is 15.5. The van der Waals surface area contributed by atoms with Crippen LogP contribution in [0.5, 0.6) is 5.75 Å². The van der Waals surface area contributed by atoms with Crippen LogP contribution in [0.15, 0.2) is 30.3 Å². The first-order chi connectivity index (χ1) is 17.3. The van der Waals surface area contributed by atoms with E-state index < -0.39 is 28.9 Å². The Balaban J connectivity index is 1.60. The summed E-state index contributed by atoms with van der Waals surface area (Å²) in [5.41, 5.74) is 4.18. The standard InChI is InChI=1S/C26H31F3N4O4/c1-14(16-7-17(9-18(30)8-16)26(28,29)25(3,4)34)31-24-20-10-23(37-6-5-36-19-12-35-13-19)21(27)11-22(20)32-15(2)33-24/h7-11,14,19,34H,5-6,12-13,30H2,1-4H3,(H,31,32,33)/t14-/m1/s1. The molecule has 3 aromatic rings. The van der Waals surface area contributed by atoms with Gasteiger partial charge >= 0.3 is 5.92 Å². The number of ether oxygens (including phenoxy) is 3. The molecule has 0 bridgehead atoms. The van der Waals surface area contributed by atoms with Gasteiger partial charge < -0.3 is 30.4 Å². The van der Waals surface area contributed by atoms with Crippen LogP contribution in [-0.2, 0) is 15.4 Å². The van der Waals surface area contributed by atoms with Gasteiger partial charge in [0.2, 0.25) is 0 Å². The molecule has 37 heavy (non-hydrogen) atoms. The number of benzene rings is 2. The third kappa shape index (κ3) is 5.89. The van der Waals surface area contributed by atoms with E-state index >= 15 is 0 Å². The average Bonchev–Trinajstić information content (AvgIpc) is 2.76.